The number of aryl methyl sites for hydroxylation is 1. The molecule has 2 rings (SSSR count). The molecule has 0 amide bonds. The van der Waals surface area contributed by atoms with Gasteiger partial charge in [0.1, 0.15) is 11.4 Å². The Kier molecular flexibility index (Phi) is 4.71. The largest absolute Gasteiger partial charge is 0.465 e. The van der Waals surface area contributed by atoms with Gasteiger partial charge in [0.05, 0.1) is 7.11 Å². The first-order chi connectivity index (χ1) is 9.76. The summed E-state index contributed by atoms with van der Waals surface area (Å²) in [6, 6.07) is 11.6. The third kappa shape index (κ3) is 3.15. The van der Waals surface area contributed by atoms with E-state index in [1.807, 2.05) is 12.1 Å². The van der Waals surface area contributed by atoms with Crippen molar-refractivity contribution in [3.63, 3.8) is 0 Å². The molecule has 0 spiro atoms. The molecule has 1 aromatic heterocycles. The number of nitrogens with zero attached hydrogens (tertiary/aromatic N) is 1. The monoisotopic (exact) mass is 270 g/mol. The zero-order valence-corrected chi connectivity index (χ0v) is 11.7. The van der Waals surface area contributed by atoms with Crippen LogP contribution in [0.3, 0.4) is 0 Å². The van der Waals surface area contributed by atoms with Gasteiger partial charge >= 0.3 is 5.97 Å². The van der Waals surface area contributed by atoms with E-state index in [4.69, 9.17) is 4.74 Å². The number of esters is 1. The highest BCUT2D eigenvalue weighted by atomic mass is 16.5. The molecule has 0 saturated carbocycles. The van der Waals surface area contributed by atoms with E-state index < -0.39 is 0 Å². The Bertz CT molecular complexity index is 597. The van der Waals surface area contributed by atoms with Crippen LogP contribution in [-0.2, 0) is 17.7 Å². The minimum absolute atomic E-state index is 0.385. The van der Waals surface area contributed by atoms with E-state index >= 15 is 0 Å². The van der Waals surface area contributed by atoms with Gasteiger partial charge in [-0.05, 0) is 29.7 Å². The molecule has 0 atom stereocenters. The molecule has 1 aromatic carbocycles. The lowest BCUT2D eigenvalue weighted by Gasteiger charge is -2.11. The molecule has 2 aromatic rings. The van der Waals surface area contributed by atoms with Crippen molar-refractivity contribution in [2.75, 3.05) is 12.4 Å². The van der Waals surface area contributed by atoms with Gasteiger partial charge in [-0.1, -0.05) is 31.2 Å². The van der Waals surface area contributed by atoms with Gasteiger partial charge in [-0.3, -0.25) is 0 Å². The number of carbonyl (C=O) groups is 1. The second-order valence-corrected chi connectivity index (χ2v) is 4.37. The minimum atomic E-state index is -0.385. The van der Waals surface area contributed by atoms with Gasteiger partial charge in [0.15, 0.2) is 0 Å². The fraction of sp³-hybridized carbons (Fsp3) is 0.250. The average Bonchev–Trinajstić information content (AvgIpc) is 2.52. The number of hydrogen-bond donors (Lipinski definition) is 1. The lowest BCUT2D eigenvalue weighted by Crippen LogP contribution is -2.10. The smallest absolute Gasteiger partial charge is 0.341 e. The lowest BCUT2D eigenvalue weighted by molar-refractivity contribution is 0.0601. The van der Waals surface area contributed by atoms with Crippen molar-refractivity contribution in [3.05, 3.63) is 59.3 Å². The number of carbonyl (C=O) groups excluding carboxylic acids is 1. The molecule has 1 N–H and O–H groups in total. The van der Waals surface area contributed by atoms with Gasteiger partial charge in [0.2, 0.25) is 0 Å². The molecule has 0 fully saturated rings. The van der Waals surface area contributed by atoms with Crippen LogP contribution in [0, 0.1) is 0 Å². The Morgan fingerprint density at radius 1 is 1.20 bits per heavy atom. The highest BCUT2D eigenvalue weighted by molar-refractivity contribution is 5.94. The zero-order valence-electron chi connectivity index (χ0n) is 11.7. The molecular weight excluding hydrogens is 252 g/mol. The van der Waals surface area contributed by atoms with Crippen LogP contribution in [0.4, 0.5) is 5.82 Å². The van der Waals surface area contributed by atoms with Crippen LogP contribution >= 0.6 is 0 Å². The molecule has 104 valence electrons. The lowest BCUT2D eigenvalue weighted by atomic mass is 10.1. The first kappa shape index (κ1) is 14.1. The normalized spacial score (nSPS) is 10.1. The van der Waals surface area contributed by atoms with Crippen LogP contribution in [0.5, 0.6) is 0 Å². The maximum Gasteiger partial charge on any atom is 0.341 e. The standard InChI is InChI=1S/C16H18N2O2/c1-3-12-7-4-5-8-13(12)11-18-15-14(16(19)20-2)9-6-10-17-15/h4-10H,3,11H2,1-2H3,(H,17,18). The van der Waals surface area contributed by atoms with E-state index in [-0.39, 0.29) is 5.97 Å². The van der Waals surface area contributed by atoms with Crippen LogP contribution in [0.1, 0.15) is 28.4 Å². The summed E-state index contributed by atoms with van der Waals surface area (Å²) in [5.41, 5.74) is 2.94. The van der Waals surface area contributed by atoms with E-state index in [0.717, 1.165) is 6.42 Å². The Labute approximate surface area is 118 Å². The topological polar surface area (TPSA) is 51.2 Å². The van der Waals surface area contributed by atoms with Gasteiger partial charge in [-0.25, -0.2) is 9.78 Å². The van der Waals surface area contributed by atoms with Crippen LogP contribution in [0.15, 0.2) is 42.6 Å². The second kappa shape index (κ2) is 6.70. The summed E-state index contributed by atoms with van der Waals surface area (Å²) in [6.07, 6.45) is 2.63. The maximum absolute atomic E-state index is 11.7. The number of nitrogens with one attached hydrogen (secondary N) is 1. The molecule has 20 heavy (non-hydrogen) atoms. The van der Waals surface area contributed by atoms with Crippen LogP contribution in [-0.4, -0.2) is 18.1 Å². The predicted octanol–water partition coefficient (Wildman–Crippen LogP) is 3.04. The summed E-state index contributed by atoms with van der Waals surface area (Å²) in [7, 11) is 1.37. The number of rotatable bonds is 5. The Balaban J connectivity index is 2.17. The van der Waals surface area contributed by atoms with Crippen molar-refractivity contribution in [1.82, 2.24) is 4.98 Å². The molecule has 0 saturated heterocycles. The highest BCUT2D eigenvalue weighted by Crippen LogP contribution is 2.16. The maximum atomic E-state index is 11.7. The Morgan fingerprint density at radius 2 is 1.95 bits per heavy atom. The highest BCUT2D eigenvalue weighted by Gasteiger charge is 2.12. The molecular formula is C16H18N2O2. The molecule has 0 aliphatic rings. The molecule has 0 aliphatic carbocycles. The first-order valence-corrected chi connectivity index (χ1v) is 6.60. The summed E-state index contributed by atoms with van der Waals surface area (Å²) >= 11 is 0. The van der Waals surface area contributed by atoms with Crippen molar-refractivity contribution >= 4 is 11.8 Å². The van der Waals surface area contributed by atoms with Gasteiger partial charge in [0.25, 0.3) is 0 Å². The van der Waals surface area contributed by atoms with E-state index in [1.165, 1.54) is 18.2 Å². The second-order valence-electron chi connectivity index (χ2n) is 4.37. The Morgan fingerprint density at radius 3 is 2.65 bits per heavy atom. The summed E-state index contributed by atoms with van der Waals surface area (Å²) in [6.45, 7) is 2.75. The van der Waals surface area contributed by atoms with Gasteiger partial charge in [0, 0.05) is 12.7 Å². The summed E-state index contributed by atoms with van der Waals surface area (Å²) in [5, 5.41) is 3.21. The Hall–Kier alpha value is -2.36. The zero-order chi connectivity index (χ0) is 14.4. The van der Waals surface area contributed by atoms with E-state index in [0.29, 0.717) is 17.9 Å². The van der Waals surface area contributed by atoms with E-state index in [2.05, 4.69) is 29.4 Å². The van der Waals surface area contributed by atoms with Gasteiger partial charge in [-0.15, -0.1) is 0 Å². The number of ether oxygens (including phenoxy) is 1. The van der Waals surface area contributed by atoms with Crippen molar-refractivity contribution < 1.29 is 9.53 Å². The van der Waals surface area contributed by atoms with Crippen molar-refractivity contribution in [3.8, 4) is 0 Å². The third-order valence-electron chi connectivity index (χ3n) is 3.16. The molecule has 0 radical (unpaired) electrons. The van der Waals surface area contributed by atoms with E-state index in [9.17, 15) is 4.79 Å². The third-order valence-corrected chi connectivity index (χ3v) is 3.16. The number of benzene rings is 1. The number of aromatic nitrogens is 1. The first-order valence-electron chi connectivity index (χ1n) is 6.60. The molecule has 0 aliphatic heterocycles. The van der Waals surface area contributed by atoms with Crippen molar-refractivity contribution in [1.29, 1.82) is 0 Å². The fourth-order valence-electron chi connectivity index (χ4n) is 2.07. The minimum Gasteiger partial charge on any atom is -0.465 e. The van der Waals surface area contributed by atoms with Crippen LogP contribution in [0.25, 0.3) is 0 Å². The molecule has 1 heterocycles. The van der Waals surface area contributed by atoms with E-state index in [1.54, 1.807) is 18.3 Å². The number of hydrogen-bond acceptors (Lipinski definition) is 4. The van der Waals surface area contributed by atoms with Gasteiger partial charge < -0.3 is 10.1 Å². The van der Waals surface area contributed by atoms with Crippen LogP contribution < -0.4 is 5.32 Å². The SMILES string of the molecule is CCc1ccccc1CNc1ncccc1C(=O)OC. The molecule has 0 unspecified atom stereocenters. The summed E-state index contributed by atoms with van der Waals surface area (Å²) in [4.78, 5) is 15.9. The van der Waals surface area contributed by atoms with Crippen molar-refractivity contribution in [2.45, 2.75) is 19.9 Å². The summed E-state index contributed by atoms with van der Waals surface area (Å²) in [5.74, 6) is 0.162. The van der Waals surface area contributed by atoms with Gasteiger partial charge in [-0.2, -0.15) is 0 Å². The van der Waals surface area contributed by atoms with Crippen LogP contribution in [0.2, 0.25) is 0 Å². The molecule has 0 bridgehead atoms. The number of anilines is 1. The quantitative estimate of drug-likeness (QED) is 0.848. The van der Waals surface area contributed by atoms with Crippen molar-refractivity contribution in [2.24, 2.45) is 0 Å². The number of pyridine rings is 1. The predicted molar refractivity (Wildman–Crippen MR) is 78.7 cm³/mol. The summed E-state index contributed by atoms with van der Waals surface area (Å²) < 4.78 is 4.75. The fourth-order valence-corrected chi connectivity index (χ4v) is 2.07. The number of methoxy groups -OCH3 is 1. The molecule has 4 nitrogen and oxygen atoms in total. The molecule has 4 heteroatoms. The average molecular weight is 270 g/mol.